The SMILES string of the molecule is OCCN(Cc1cccs1)C1CCc2ccccc21. The van der Waals surface area contributed by atoms with E-state index in [0.29, 0.717) is 6.04 Å². The van der Waals surface area contributed by atoms with Crippen LogP contribution in [0.15, 0.2) is 41.8 Å². The highest BCUT2D eigenvalue weighted by atomic mass is 32.1. The van der Waals surface area contributed by atoms with Gasteiger partial charge in [0, 0.05) is 24.0 Å². The van der Waals surface area contributed by atoms with Crippen molar-refractivity contribution in [3.8, 4) is 0 Å². The van der Waals surface area contributed by atoms with Gasteiger partial charge in [-0.25, -0.2) is 0 Å². The number of aliphatic hydroxyl groups excluding tert-OH is 1. The predicted octanol–water partition coefficient (Wildman–Crippen LogP) is 3.23. The summed E-state index contributed by atoms with van der Waals surface area (Å²) in [7, 11) is 0. The van der Waals surface area contributed by atoms with Gasteiger partial charge in [-0.3, -0.25) is 4.90 Å². The summed E-state index contributed by atoms with van der Waals surface area (Å²) in [5.41, 5.74) is 2.93. The molecule has 19 heavy (non-hydrogen) atoms. The Hall–Kier alpha value is -1.16. The van der Waals surface area contributed by atoms with Crippen LogP contribution in [-0.4, -0.2) is 23.2 Å². The third kappa shape index (κ3) is 2.73. The van der Waals surface area contributed by atoms with Crippen molar-refractivity contribution in [3.05, 3.63) is 57.8 Å². The molecule has 1 atom stereocenters. The lowest BCUT2D eigenvalue weighted by Gasteiger charge is -2.28. The third-order valence-corrected chi connectivity index (χ3v) is 4.73. The quantitative estimate of drug-likeness (QED) is 0.904. The molecule has 0 aliphatic heterocycles. The molecule has 0 radical (unpaired) electrons. The molecule has 0 amide bonds. The monoisotopic (exact) mass is 273 g/mol. The molecule has 0 fully saturated rings. The Morgan fingerprint density at radius 3 is 2.89 bits per heavy atom. The lowest BCUT2D eigenvalue weighted by atomic mass is 10.1. The summed E-state index contributed by atoms with van der Waals surface area (Å²) < 4.78 is 0. The maximum absolute atomic E-state index is 9.34. The Balaban J connectivity index is 1.81. The fourth-order valence-corrected chi connectivity index (χ4v) is 3.72. The van der Waals surface area contributed by atoms with E-state index in [4.69, 9.17) is 0 Å². The van der Waals surface area contributed by atoms with Crippen LogP contribution >= 0.6 is 11.3 Å². The molecule has 3 heteroatoms. The molecule has 2 nitrogen and oxygen atoms in total. The van der Waals surface area contributed by atoms with Crippen molar-refractivity contribution in [1.82, 2.24) is 4.90 Å². The summed E-state index contributed by atoms with van der Waals surface area (Å²) in [6.45, 7) is 1.91. The average Bonchev–Trinajstić information content (AvgIpc) is 3.07. The molecule has 1 aromatic carbocycles. The zero-order chi connectivity index (χ0) is 13.1. The maximum Gasteiger partial charge on any atom is 0.0558 e. The van der Waals surface area contributed by atoms with E-state index in [1.54, 1.807) is 11.3 Å². The third-order valence-electron chi connectivity index (χ3n) is 3.87. The highest BCUT2D eigenvalue weighted by Crippen LogP contribution is 2.36. The van der Waals surface area contributed by atoms with Crippen molar-refractivity contribution in [2.24, 2.45) is 0 Å². The molecule has 3 rings (SSSR count). The minimum Gasteiger partial charge on any atom is -0.395 e. The summed E-state index contributed by atoms with van der Waals surface area (Å²) in [5.74, 6) is 0. The van der Waals surface area contributed by atoms with Crippen molar-refractivity contribution in [3.63, 3.8) is 0 Å². The second-order valence-corrected chi connectivity index (χ2v) is 6.06. The summed E-state index contributed by atoms with van der Waals surface area (Å²) in [5, 5.41) is 11.5. The van der Waals surface area contributed by atoms with Gasteiger partial charge in [0.05, 0.1) is 6.61 Å². The Bertz CT molecular complexity index is 523. The van der Waals surface area contributed by atoms with E-state index in [0.717, 1.165) is 19.5 Å². The Morgan fingerprint density at radius 1 is 1.21 bits per heavy atom. The molecule has 2 aromatic rings. The summed E-state index contributed by atoms with van der Waals surface area (Å²) in [4.78, 5) is 3.79. The van der Waals surface area contributed by atoms with Gasteiger partial charge in [-0.05, 0) is 35.4 Å². The van der Waals surface area contributed by atoms with Gasteiger partial charge in [-0.1, -0.05) is 30.3 Å². The highest BCUT2D eigenvalue weighted by molar-refractivity contribution is 7.09. The van der Waals surface area contributed by atoms with Crippen LogP contribution in [0.2, 0.25) is 0 Å². The van der Waals surface area contributed by atoms with Crippen LogP contribution in [0.4, 0.5) is 0 Å². The van der Waals surface area contributed by atoms with Crippen LogP contribution in [0.3, 0.4) is 0 Å². The number of aryl methyl sites for hydroxylation is 1. The molecule has 1 unspecified atom stereocenters. The van der Waals surface area contributed by atoms with Crippen LogP contribution < -0.4 is 0 Å². The summed E-state index contributed by atoms with van der Waals surface area (Å²) in [6.07, 6.45) is 2.33. The normalized spacial score (nSPS) is 17.9. The van der Waals surface area contributed by atoms with E-state index >= 15 is 0 Å². The minimum atomic E-state index is 0.226. The van der Waals surface area contributed by atoms with Gasteiger partial charge in [0.1, 0.15) is 0 Å². The van der Waals surface area contributed by atoms with Gasteiger partial charge >= 0.3 is 0 Å². The first kappa shape index (κ1) is 12.9. The smallest absolute Gasteiger partial charge is 0.0558 e. The van der Waals surface area contributed by atoms with Gasteiger partial charge in [-0.2, -0.15) is 0 Å². The number of hydrogen-bond acceptors (Lipinski definition) is 3. The molecule has 1 aliphatic rings. The number of thiophene rings is 1. The lowest BCUT2D eigenvalue weighted by Crippen LogP contribution is -2.29. The first-order chi connectivity index (χ1) is 9.38. The highest BCUT2D eigenvalue weighted by Gasteiger charge is 2.27. The molecule has 0 saturated heterocycles. The van der Waals surface area contributed by atoms with Gasteiger partial charge in [0.2, 0.25) is 0 Å². The molecular formula is C16H19NOS. The Labute approximate surface area is 118 Å². The van der Waals surface area contributed by atoms with Gasteiger partial charge in [0.25, 0.3) is 0 Å². The number of benzene rings is 1. The summed E-state index contributed by atoms with van der Waals surface area (Å²) in [6, 6.07) is 13.5. The first-order valence-corrected chi connectivity index (χ1v) is 7.71. The topological polar surface area (TPSA) is 23.5 Å². The van der Waals surface area contributed by atoms with Crippen molar-refractivity contribution >= 4 is 11.3 Å². The zero-order valence-electron chi connectivity index (χ0n) is 11.0. The van der Waals surface area contributed by atoms with Crippen molar-refractivity contribution in [2.75, 3.05) is 13.2 Å². The molecule has 100 valence electrons. The molecule has 1 N–H and O–H groups in total. The molecule has 1 aromatic heterocycles. The molecule has 0 bridgehead atoms. The number of rotatable bonds is 5. The molecular weight excluding hydrogens is 254 g/mol. The van der Waals surface area contributed by atoms with Crippen LogP contribution in [0, 0.1) is 0 Å². The van der Waals surface area contributed by atoms with Crippen LogP contribution in [-0.2, 0) is 13.0 Å². The van der Waals surface area contributed by atoms with E-state index in [9.17, 15) is 5.11 Å². The number of aliphatic hydroxyl groups is 1. The first-order valence-electron chi connectivity index (χ1n) is 6.83. The standard InChI is InChI=1S/C16H19NOS/c18-10-9-17(12-14-5-3-11-19-14)16-8-7-13-4-1-2-6-15(13)16/h1-6,11,16,18H,7-10,12H2. The van der Waals surface area contributed by atoms with E-state index in [2.05, 4.69) is 46.7 Å². The lowest BCUT2D eigenvalue weighted by molar-refractivity contribution is 0.144. The van der Waals surface area contributed by atoms with Crippen LogP contribution in [0.5, 0.6) is 0 Å². The van der Waals surface area contributed by atoms with Gasteiger partial charge < -0.3 is 5.11 Å². The number of hydrogen-bond donors (Lipinski definition) is 1. The Kier molecular flexibility index (Phi) is 3.97. The van der Waals surface area contributed by atoms with Crippen molar-refractivity contribution < 1.29 is 5.11 Å². The van der Waals surface area contributed by atoms with Crippen molar-refractivity contribution in [2.45, 2.75) is 25.4 Å². The van der Waals surface area contributed by atoms with E-state index < -0.39 is 0 Å². The second kappa shape index (κ2) is 5.87. The fourth-order valence-electron chi connectivity index (χ4n) is 2.99. The number of nitrogens with zero attached hydrogens (tertiary/aromatic N) is 1. The molecule has 1 heterocycles. The van der Waals surface area contributed by atoms with E-state index in [1.165, 1.54) is 22.4 Å². The Morgan fingerprint density at radius 2 is 2.11 bits per heavy atom. The maximum atomic E-state index is 9.34. The van der Waals surface area contributed by atoms with Crippen molar-refractivity contribution in [1.29, 1.82) is 0 Å². The predicted molar refractivity (Wildman–Crippen MR) is 79.3 cm³/mol. The molecule has 1 aliphatic carbocycles. The molecule has 0 spiro atoms. The van der Waals surface area contributed by atoms with Crippen LogP contribution in [0.1, 0.15) is 28.5 Å². The summed E-state index contributed by atoms with van der Waals surface area (Å²) >= 11 is 1.79. The van der Waals surface area contributed by atoms with E-state index in [-0.39, 0.29) is 6.61 Å². The average molecular weight is 273 g/mol. The van der Waals surface area contributed by atoms with Crippen LogP contribution in [0.25, 0.3) is 0 Å². The minimum absolute atomic E-state index is 0.226. The molecule has 0 saturated carbocycles. The van der Waals surface area contributed by atoms with Gasteiger partial charge in [-0.15, -0.1) is 11.3 Å². The second-order valence-electron chi connectivity index (χ2n) is 5.03. The van der Waals surface area contributed by atoms with Gasteiger partial charge in [0.15, 0.2) is 0 Å². The fraction of sp³-hybridized carbons (Fsp3) is 0.375. The number of fused-ring (bicyclic) bond motifs is 1. The van der Waals surface area contributed by atoms with E-state index in [1.807, 2.05) is 0 Å². The largest absolute Gasteiger partial charge is 0.395 e. The zero-order valence-corrected chi connectivity index (χ0v) is 11.8.